The molecule has 1 N–H and O–H groups in total. The highest BCUT2D eigenvalue weighted by molar-refractivity contribution is 7.09. The van der Waals surface area contributed by atoms with Gasteiger partial charge < -0.3 is 15.0 Å². The van der Waals surface area contributed by atoms with Gasteiger partial charge in [0.25, 0.3) is 5.91 Å². The van der Waals surface area contributed by atoms with Crippen molar-refractivity contribution < 1.29 is 18.7 Å². The fourth-order valence-corrected chi connectivity index (χ4v) is 4.73. The van der Waals surface area contributed by atoms with Crippen LogP contribution in [0.5, 0.6) is 5.75 Å². The fourth-order valence-electron chi connectivity index (χ4n) is 4.04. The molecule has 1 aromatic heterocycles. The van der Waals surface area contributed by atoms with Gasteiger partial charge in [-0.15, -0.1) is 11.3 Å². The maximum Gasteiger partial charge on any atom is 0.270 e. The lowest BCUT2D eigenvalue weighted by molar-refractivity contribution is -0.130. The van der Waals surface area contributed by atoms with Crippen molar-refractivity contribution in [1.29, 1.82) is 0 Å². The van der Waals surface area contributed by atoms with Crippen LogP contribution in [-0.2, 0) is 17.8 Å². The Kier molecular flexibility index (Phi) is 7.26. The number of halogens is 1. The Hall–Kier alpha value is -3.26. The molecule has 0 saturated carbocycles. The predicted molar refractivity (Wildman–Crippen MR) is 129 cm³/mol. The lowest BCUT2D eigenvalue weighted by Crippen LogP contribution is -2.39. The first-order valence-electron chi connectivity index (χ1n) is 11.3. The normalized spacial score (nSPS) is 15.2. The van der Waals surface area contributed by atoms with E-state index in [4.69, 9.17) is 4.74 Å². The quantitative estimate of drug-likeness (QED) is 0.529. The maximum absolute atomic E-state index is 13.5. The molecule has 1 atom stereocenters. The summed E-state index contributed by atoms with van der Waals surface area (Å²) in [5, 5.41) is 5.30. The summed E-state index contributed by atoms with van der Waals surface area (Å²) in [7, 11) is 0. The zero-order chi connectivity index (χ0) is 24.2. The molecule has 2 aromatic carbocycles. The summed E-state index contributed by atoms with van der Waals surface area (Å²) in [4.78, 5) is 30.8. The van der Waals surface area contributed by atoms with Gasteiger partial charge in [0.2, 0.25) is 5.91 Å². The second kappa shape index (κ2) is 10.3. The Bertz CT molecular complexity index is 1180. The van der Waals surface area contributed by atoms with Crippen molar-refractivity contribution in [1.82, 2.24) is 15.2 Å². The lowest BCUT2D eigenvalue weighted by atomic mass is 9.88. The van der Waals surface area contributed by atoms with Crippen molar-refractivity contribution in [2.75, 3.05) is 13.1 Å². The fraction of sp³-hybridized carbons (Fsp3) is 0.346. The minimum atomic E-state index is -0.313. The van der Waals surface area contributed by atoms with Crippen LogP contribution < -0.4 is 10.1 Å². The van der Waals surface area contributed by atoms with Crippen LogP contribution in [0, 0.1) is 11.7 Å². The van der Waals surface area contributed by atoms with Gasteiger partial charge in [-0.25, -0.2) is 9.37 Å². The van der Waals surface area contributed by atoms with Gasteiger partial charge in [-0.2, -0.15) is 0 Å². The number of hydrogen-bond acceptors (Lipinski definition) is 5. The molecule has 0 fully saturated rings. The first-order chi connectivity index (χ1) is 16.3. The minimum Gasteiger partial charge on any atom is -0.486 e. The number of carbonyl (C=O) groups excluding carboxylic acids is 2. The predicted octanol–water partition coefficient (Wildman–Crippen LogP) is 4.74. The van der Waals surface area contributed by atoms with Crippen LogP contribution in [-0.4, -0.2) is 34.8 Å². The first kappa shape index (κ1) is 23.9. The maximum atomic E-state index is 13.5. The highest BCUT2D eigenvalue weighted by Gasteiger charge is 2.31. The average molecular weight is 482 g/mol. The third kappa shape index (κ3) is 5.44. The molecule has 1 aliphatic rings. The highest BCUT2D eigenvalue weighted by Crippen LogP contribution is 2.37. The zero-order valence-corrected chi connectivity index (χ0v) is 20.3. The molecular weight excluding hydrogens is 453 g/mol. The molecule has 0 saturated heterocycles. The minimum absolute atomic E-state index is 0.0302. The van der Waals surface area contributed by atoms with Crippen LogP contribution in [0.3, 0.4) is 0 Å². The number of thiazole rings is 1. The second-order valence-electron chi connectivity index (χ2n) is 8.80. The van der Waals surface area contributed by atoms with Crippen molar-refractivity contribution in [2.24, 2.45) is 5.92 Å². The molecule has 0 radical (unpaired) electrons. The molecular formula is C26H28FN3O3S. The summed E-state index contributed by atoms with van der Waals surface area (Å²) in [5.41, 5.74) is 3.35. The van der Waals surface area contributed by atoms with E-state index in [9.17, 15) is 14.0 Å². The molecule has 0 aliphatic carbocycles. The summed E-state index contributed by atoms with van der Waals surface area (Å²) >= 11 is 1.38. The Morgan fingerprint density at radius 3 is 2.71 bits per heavy atom. The highest BCUT2D eigenvalue weighted by atomic mass is 32.1. The first-order valence-corrected chi connectivity index (χ1v) is 12.2. The monoisotopic (exact) mass is 481 g/mol. The molecule has 0 spiro atoms. The van der Waals surface area contributed by atoms with Gasteiger partial charge in [-0.1, -0.05) is 32.0 Å². The molecule has 0 bridgehead atoms. The summed E-state index contributed by atoms with van der Waals surface area (Å²) in [6, 6.07) is 11.8. The summed E-state index contributed by atoms with van der Waals surface area (Å²) in [6.07, 6.45) is 0.744. The van der Waals surface area contributed by atoms with E-state index in [0.717, 1.165) is 23.1 Å². The van der Waals surface area contributed by atoms with E-state index < -0.39 is 0 Å². The molecule has 6 nitrogen and oxygen atoms in total. The van der Waals surface area contributed by atoms with Gasteiger partial charge in [0.05, 0.1) is 6.04 Å². The van der Waals surface area contributed by atoms with Gasteiger partial charge in [-0.3, -0.25) is 9.59 Å². The number of ether oxygens (including phenoxy) is 1. The SMILES string of the molecule is CC(=O)N1CCc2ccc(OCc3nc(C(=O)NCC(C)C)cs3)cc2[C@H]1c1ccc(F)cc1. The Balaban J connectivity index is 1.52. The van der Waals surface area contributed by atoms with Gasteiger partial charge in [-0.05, 0) is 53.3 Å². The number of amides is 2. The van der Waals surface area contributed by atoms with E-state index in [-0.39, 0.29) is 30.3 Å². The summed E-state index contributed by atoms with van der Waals surface area (Å²) in [5.74, 6) is 0.491. The number of fused-ring (bicyclic) bond motifs is 1. The Morgan fingerprint density at radius 2 is 2.00 bits per heavy atom. The van der Waals surface area contributed by atoms with Crippen LogP contribution in [0.4, 0.5) is 4.39 Å². The van der Waals surface area contributed by atoms with Crippen molar-refractivity contribution in [3.63, 3.8) is 0 Å². The number of nitrogens with one attached hydrogen (secondary N) is 1. The standard InChI is InChI=1S/C26H28FN3O3S/c1-16(2)13-28-26(32)23-15-34-24(29-23)14-33-21-9-6-18-10-11-30(17(3)31)25(22(18)12-21)19-4-7-20(27)8-5-19/h4-9,12,15-16,25H,10-11,13-14H2,1-3H3,(H,28,32)/t25-/m1/s1. The number of rotatable bonds is 7. The van der Waals surface area contributed by atoms with Gasteiger partial charge in [0, 0.05) is 25.4 Å². The number of benzene rings is 2. The van der Waals surface area contributed by atoms with Crippen molar-refractivity contribution in [3.05, 3.63) is 81.1 Å². The number of hydrogen-bond donors (Lipinski definition) is 1. The van der Waals surface area contributed by atoms with Crippen molar-refractivity contribution in [3.8, 4) is 5.75 Å². The molecule has 4 rings (SSSR count). The van der Waals surface area contributed by atoms with Crippen LogP contribution in [0.25, 0.3) is 0 Å². The van der Waals surface area contributed by atoms with E-state index in [2.05, 4.69) is 10.3 Å². The molecule has 2 heterocycles. The third-order valence-corrected chi connectivity index (χ3v) is 6.58. The Labute approximate surface area is 202 Å². The van der Waals surface area contributed by atoms with Crippen molar-refractivity contribution >= 4 is 23.2 Å². The van der Waals surface area contributed by atoms with E-state index in [1.807, 2.05) is 36.9 Å². The van der Waals surface area contributed by atoms with Crippen molar-refractivity contribution in [2.45, 2.75) is 39.8 Å². The van der Waals surface area contributed by atoms with E-state index >= 15 is 0 Å². The van der Waals surface area contributed by atoms with Crippen LogP contribution in [0.1, 0.15) is 59.0 Å². The molecule has 178 valence electrons. The molecule has 1 aliphatic heterocycles. The molecule has 3 aromatic rings. The molecule has 0 unspecified atom stereocenters. The smallest absolute Gasteiger partial charge is 0.270 e. The Morgan fingerprint density at radius 1 is 1.24 bits per heavy atom. The number of carbonyl (C=O) groups is 2. The third-order valence-electron chi connectivity index (χ3n) is 5.75. The molecule has 34 heavy (non-hydrogen) atoms. The topological polar surface area (TPSA) is 71.5 Å². The summed E-state index contributed by atoms with van der Waals surface area (Å²) in [6.45, 7) is 7.07. The number of nitrogens with zero attached hydrogens (tertiary/aromatic N) is 2. The average Bonchev–Trinajstić information content (AvgIpc) is 3.30. The van der Waals surface area contributed by atoms with E-state index in [1.54, 1.807) is 24.4 Å². The number of aromatic nitrogens is 1. The van der Waals surface area contributed by atoms with Gasteiger partial charge in [0.15, 0.2) is 0 Å². The van der Waals surface area contributed by atoms with E-state index in [0.29, 0.717) is 35.5 Å². The van der Waals surface area contributed by atoms with Crippen LogP contribution in [0.15, 0.2) is 47.8 Å². The van der Waals surface area contributed by atoms with E-state index in [1.165, 1.54) is 23.5 Å². The zero-order valence-electron chi connectivity index (χ0n) is 19.5. The largest absolute Gasteiger partial charge is 0.486 e. The lowest BCUT2D eigenvalue weighted by Gasteiger charge is -2.37. The molecule has 2 amide bonds. The van der Waals surface area contributed by atoms with Gasteiger partial charge in [0.1, 0.15) is 28.9 Å². The molecule has 8 heteroatoms. The second-order valence-corrected chi connectivity index (χ2v) is 9.74. The van der Waals surface area contributed by atoms with Crippen LogP contribution in [0.2, 0.25) is 0 Å². The van der Waals surface area contributed by atoms with Crippen LogP contribution >= 0.6 is 11.3 Å². The summed E-state index contributed by atoms with van der Waals surface area (Å²) < 4.78 is 19.5. The van der Waals surface area contributed by atoms with Gasteiger partial charge >= 0.3 is 0 Å².